The van der Waals surface area contributed by atoms with Crippen LogP contribution >= 0.6 is 0 Å². The first-order valence-electron chi connectivity index (χ1n) is 5.41. The van der Waals surface area contributed by atoms with Gasteiger partial charge in [0.25, 0.3) is 0 Å². The predicted octanol–water partition coefficient (Wildman–Crippen LogP) is 2.18. The molecule has 16 heavy (non-hydrogen) atoms. The number of nitrogens with two attached hydrogens (primary N) is 1. The van der Waals surface area contributed by atoms with Gasteiger partial charge in [0.1, 0.15) is 11.5 Å². The summed E-state index contributed by atoms with van der Waals surface area (Å²) in [6.07, 6.45) is 1.45. The van der Waals surface area contributed by atoms with E-state index in [1.165, 1.54) is 0 Å². The number of rotatable bonds is 7. The highest BCUT2D eigenvalue weighted by Gasteiger charge is 1.96. The molecule has 0 aliphatic carbocycles. The van der Waals surface area contributed by atoms with Crippen molar-refractivity contribution in [2.75, 3.05) is 13.2 Å². The summed E-state index contributed by atoms with van der Waals surface area (Å²) in [6, 6.07) is 7.45. The lowest BCUT2D eigenvalue weighted by molar-refractivity contribution is 0.312. The Morgan fingerprint density at radius 3 is 2.06 bits per heavy atom. The minimum atomic E-state index is 0.142. The smallest absolute Gasteiger partial charge is 0.119 e. The molecule has 0 radical (unpaired) electrons. The largest absolute Gasteiger partial charge is 0.494 e. The van der Waals surface area contributed by atoms with Crippen LogP contribution in [0, 0.1) is 5.41 Å². The average Bonchev–Trinajstić information content (AvgIpc) is 2.27. The fraction of sp³-hybridized carbons (Fsp3) is 0.417. The van der Waals surface area contributed by atoms with E-state index >= 15 is 0 Å². The third-order valence-corrected chi connectivity index (χ3v) is 1.94. The molecule has 1 aromatic carbocycles. The van der Waals surface area contributed by atoms with Crippen LogP contribution in [-0.4, -0.2) is 19.0 Å². The highest BCUT2D eigenvalue weighted by Crippen LogP contribution is 2.17. The van der Waals surface area contributed by atoms with Gasteiger partial charge in [-0.2, -0.15) is 0 Å². The van der Waals surface area contributed by atoms with Gasteiger partial charge in [-0.15, -0.1) is 0 Å². The Bertz CT molecular complexity index is 322. The van der Waals surface area contributed by atoms with E-state index < -0.39 is 0 Å². The van der Waals surface area contributed by atoms with Crippen molar-refractivity contribution in [2.45, 2.75) is 19.8 Å². The second-order valence-corrected chi connectivity index (χ2v) is 3.44. The maximum absolute atomic E-state index is 7.05. The number of ether oxygens (including phenoxy) is 2. The molecule has 1 rings (SSSR count). The summed E-state index contributed by atoms with van der Waals surface area (Å²) in [7, 11) is 0. The highest BCUT2D eigenvalue weighted by molar-refractivity contribution is 5.76. The lowest BCUT2D eigenvalue weighted by atomic mass is 10.3. The van der Waals surface area contributed by atoms with E-state index in [9.17, 15) is 0 Å². The molecule has 0 saturated heterocycles. The molecule has 1 aromatic rings. The zero-order chi connectivity index (χ0) is 11.8. The van der Waals surface area contributed by atoms with Gasteiger partial charge in [-0.3, -0.25) is 5.41 Å². The summed E-state index contributed by atoms with van der Waals surface area (Å²) < 4.78 is 10.8. The summed E-state index contributed by atoms with van der Waals surface area (Å²) >= 11 is 0. The summed E-state index contributed by atoms with van der Waals surface area (Å²) in [4.78, 5) is 0. The van der Waals surface area contributed by atoms with Crippen molar-refractivity contribution in [3.63, 3.8) is 0 Å². The molecule has 0 fully saturated rings. The van der Waals surface area contributed by atoms with Crippen LogP contribution in [0.15, 0.2) is 24.3 Å². The van der Waals surface area contributed by atoms with E-state index in [2.05, 4.69) is 6.92 Å². The van der Waals surface area contributed by atoms with Crippen LogP contribution in [0.2, 0.25) is 0 Å². The fourth-order valence-corrected chi connectivity index (χ4v) is 1.13. The van der Waals surface area contributed by atoms with Crippen molar-refractivity contribution in [1.29, 1.82) is 5.41 Å². The molecule has 0 aliphatic heterocycles. The van der Waals surface area contributed by atoms with Crippen LogP contribution in [0.3, 0.4) is 0 Å². The van der Waals surface area contributed by atoms with Crippen molar-refractivity contribution in [2.24, 2.45) is 5.73 Å². The van der Waals surface area contributed by atoms with Crippen LogP contribution in [0.4, 0.5) is 0 Å². The molecular weight excluding hydrogens is 204 g/mol. The lowest BCUT2D eigenvalue weighted by Crippen LogP contribution is -2.13. The van der Waals surface area contributed by atoms with Crippen LogP contribution in [-0.2, 0) is 0 Å². The first-order chi connectivity index (χ1) is 7.72. The van der Waals surface area contributed by atoms with Gasteiger partial charge in [0.05, 0.1) is 19.0 Å². The number of amidine groups is 1. The normalized spacial score (nSPS) is 9.81. The average molecular weight is 222 g/mol. The first-order valence-corrected chi connectivity index (χ1v) is 5.41. The molecule has 0 heterocycles. The second kappa shape index (κ2) is 6.71. The summed E-state index contributed by atoms with van der Waals surface area (Å²) in [6.45, 7) is 3.23. The van der Waals surface area contributed by atoms with Crippen molar-refractivity contribution in [3.8, 4) is 11.5 Å². The molecule has 3 N–H and O–H groups in total. The first kappa shape index (κ1) is 12.4. The Morgan fingerprint density at radius 1 is 1.12 bits per heavy atom. The standard InChI is InChI=1S/C12H18N2O2/c1-2-8-15-10-3-5-11(6-4-10)16-9-7-12(13)14/h3-6H,2,7-9H2,1H3,(H3,13,14). The van der Waals surface area contributed by atoms with E-state index in [1.807, 2.05) is 24.3 Å². The predicted molar refractivity (Wildman–Crippen MR) is 64.3 cm³/mol. The van der Waals surface area contributed by atoms with Crippen LogP contribution < -0.4 is 15.2 Å². The van der Waals surface area contributed by atoms with E-state index in [4.69, 9.17) is 20.6 Å². The van der Waals surface area contributed by atoms with Crippen LogP contribution in [0.5, 0.6) is 11.5 Å². The molecule has 0 saturated carbocycles. The molecule has 0 spiro atoms. The fourth-order valence-electron chi connectivity index (χ4n) is 1.13. The van der Waals surface area contributed by atoms with E-state index in [-0.39, 0.29) is 5.84 Å². The number of hydrogen-bond donors (Lipinski definition) is 2. The Labute approximate surface area is 95.9 Å². The van der Waals surface area contributed by atoms with Crippen molar-refractivity contribution in [1.82, 2.24) is 0 Å². The minimum absolute atomic E-state index is 0.142. The molecule has 88 valence electrons. The molecule has 0 unspecified atom stereocenters. The van der Waals surface area contributed by atoms with Gasteiger partial charge < -0.3 is 15.2 Å². The highest BCUT2D eigenvalue weighted by atomic mass is 16.5. The maximum atomic E-state index is 7.05. The van der Waals surface area contributed by atoms with Crippen LogP contribution in [0.25, 0.3) is 0 Å². The summed E-state index contributed by atoms with van der Waals surface area (Å²) in [5.41, 5.74) is 5.22. The number of benzene rings is 1. The minimum Gasteiger partial charge on any atom is -0.494 e. The Hall–Kier alpha value is -1.71. The Morgan fingerprint density at radius 2 is 1.62 bits per heavy atom. The number of hydrogen-bond acceptors (Lipinski definition) is 3. The molecule has 4 heteroatoms. The zero-order valence-corrected chi connectivity index (χ0v) is 9.53. The quantitative estimate of drug-likeness (QED) is 0.549. The second-order valence-electron chi connectivity index (χ2n) is 3.44. The van der Waals surface area contributed by atoms with Gasteiger partial charge >= 0.3 is 0 Å². The van der Waals surface area contributed by atoms with E-state index in [0.717, 1.165) is 24.5 Å². The van der Waals surface area contributed by atoms with Gasteiger partial charge in [-0.1, -0.05) is 6.92 Å². The van der Waals surface area contributed by atoms with Gasteiger partial charge in [-0.25, -0.2) is 0 Å². The van der Waals surface area contributed by atoms with Gasteiger partial charge in [0.15, 0.2) is 0 Å². The third kappa shape index (κ3) is 4.68. The Kier molecular flexibility index (Phi) is 5.19. The Balaban J connectivity index is 2.36. The van der Waals surface area contributed by atoms with Crippen LogP contribution in [0.1, 0.15) is 19.8 Å². The topological polar surface area (TPSA) is 68.3 Å². The van der Waals surface area contributed by atoms with Gasteiger partial charge in [0, 0.05) is 6.42 Å². The zero-order valence-electron chi connectivity index (χ0n) is 9.53. The summed E-state index contributed by atoms with van der Waals surface area (Å²) in [5.74, 6) is 1.76. The van der Waals surface area contributed by atoms with E-state index in [0.29, 0.717) is 13.0 Å². The summed E-state index contributed by atoms with van der Waals surface area (Å²) in [5, 5.41) is 7.05. The van der Waals surface area contributed by atoms with Crippen molar-refractivity contribution in [3.05, 3.63) is 24.3 Å². The van der Waals surface area contributed by atoms with Gasteiger partial charge in [-0.05, 0) is 30.7 Å². The van der Waals surface area contributed by atoms with Crippen molar-refractivity contribution >= 4 is 5.84 Å². The SMILES string of the molecule is CCCOc1ccc(OCCC(=N)N)cc1. The van der Waals surface area contributed by atoms with Gasteiger partial charge in [0.2, 0.25) is 0 Å². The molecular formula is C12H18N2O2. The lowest BCUT2D eigenvalue weighted by Gasteiger charge is -2.07. The molecule has 0 aliphatic rings. The molecule has 0 bridgehead atoms. The molecule has 4 nitrogen and oxygen atoms in total. The molecule has 0 amide bonds. The van der Waals surface area contributed by atoms with E-state index in [1.54, 1.807) is 0 Å². The molecule has 0 aromatic heterocycles. The maximum Gasteiger partial charge on any atom is 0.119 e. The van der Waals surface area contributed by atoms with Crippen molar-refractivity contribution < 1.29 is 9.47 Å². The number of nitrogens with one attached hydrogen (secondary N) is 1. The monoisotopic (exact) mass is 222 g/mol. The molecule has 0 atom stereocenters. The third-order valence-electron chi connectivity index (χ3n) is 1.94.